The zero-order valence-electron chi connectivity index (χ0n) is 9.67. The highest BCUT2D eigenvalue weighted by atomic mass is 79.9. The van der Waals surface area contributed by atoms with Crippen molar-refractivity contribution in [3.63, 3.8) is 0 Å². The number of carbonyl (C=O) groups is 1. The van der Waals surface area contributed by atoms with Crippen LogP contribution in [0.25, 0.3) is 0 Å². The van der Waals surface area contributed by atoms with Crippen LogP contribution in [0.1, 0.15) is 36.5 Å². The molecule has 1 amide bonds. The number of hydrogen-bond donors (Lipinski definition) is 1. The minimum Gasteiger partial charge on any atom is -0.349 e. The lowest BCUT2D eigenvalue weighted by molar-refractivity contribution is 0.0937. The number of halogens is 2. The van der Waals surface area contributed by atoms with Crippen LogP contribution in [0, 0.1) is 5.92 Å². The first kappa shape index (κ1) is 12.9. The van der Waals surface area contributed by atoms with E-state index in [-0.39, 0.29) is 5.91 Å². The second kappa shape index (κ2) is 5.40. The fourth-order valence-corrected chi connectivity index (χ4v) is 2.84. The third kappa shape index (κ3) is 3.23. The van der Waals surface area contributed by atoms with Gasteiger partial charge in [-0.1, -0.05) is 34.5 Å². The fraction of sp³-hybridized carbons (Fsp3) is 0.462. The molecule has 2 atom stereocenters. The minimum atomic E-state index is -0.0737. The summed E-state index contributed by atoms with van der Waals surface area (Å²) >= 11 is 9.37. The Morgan fingerprint density at radius 2 is 2.24 bits per heavy atom. The molecule has 0 heterocycles. The Balaban J connectivity index is 2.06. The van der Waals surface area contributed by atoms with Crippen LogP contribution in [0.4, 0.5) is 0 Å². The maximum atomic E-state index is 12.1. The molecule has 0 aromatic heterocycles. The van der Waals surface area contributed by atoms with Gasteiger partial charge in [0.15, 0.2) is 0 Å². The average molecular weight is 317 g/mol. The van der Waals surface area contributed by atoms with Crippen molar-refractivity contribution in [3.05, 3.63) is 33.3 Å². The van der Waals surface area contributed by atoms with E-state index in [1.807, 2.05) is 6.07 Å². The number of hydrogen-bond acceptors (Lipinski definition) is 1. The van der Waals surface area contributed by atoms with Gasteiger partial charge in [0.2, 0.25) is 0 Å². The van der Waals surface area contributed by atoms with E-state index in [2.05, 4.69) is 28.2 Å². The van der Waals surface area contributed by atoms with Gasteiger partial charge in [0.1, 0.15) is 0 Å². The Bertz CT molecular complexity index is 435. The molecule has 0 radical (unpaired) electrons. The molecule has 1 saturated carbocycles. The summed E-state index contributed by atoms with van der Waals surface area (Å²) in [6, 6.07) is 5.62. The van der Waals surface area contributed by atoms with Crippen LogP contribution in [0.3, 0.4) is 0 Å². The van der Waals surface area contributed by atoms with E-state index >= 15 is 0 Å². The lowest BCUT2D eigenvalue weighted by atomic mass is 10.1. The van der Waals surface area contributed by atoms with Crippen LogP contribution in [0.5, 0.6) is 0 Å². The summed E-state index contributed by atoms with van der Waals surface area (Å²) in [5.74, 6) is 0.633. The summed E-state index contributed by atoms with van der Waals surface area (Å²) in [5.41, 5.74) is 0.542. The van der Waals surface area contributed by atoms with Gasteiger partial charge in [-0.15, -0.1) is 0 Å². The third-order valence-electron chi connectivity index (χ3n) is 3.20. The second-order valence-electron chi connectivity index (χ2n) is 4.71. The molecule has 1 aromatic carbocycles. The summed E-state index contributed by atoms with van der Waals surface area (Å²) in [7, 11) is 0. The molecule has 4 heteroatoms. The average Bonchev–Trinajstić information content (AvgIpc) is 2.67. The normalized spacial score (nSPS) is 23.7. The highest BCUT2D eigenvalue weighted by Gasteiger charge is 2.23. The van der Waals surface area contributed by atoms with Crippen molar-refractivity contribution in [1.82, 2.24) is 5.32 Å². The van der Waals surface area contributed by atoms with E-state index in [0.717, 1.165) is 17.3 Å². The van der Waals surface area contributed by atoms with Crippen molar-refractivity contribution in [3.8, 4) is 0 Å². The van der Waals surface area contributed by atoms with Crippen molar-refractivity contribution >= 4 is 33.4 Å². The van der Waals surface area contributed by atoms with Gasteiger partial charge in [0.05, 0.1) is 10.6 Å². The van der Waals surface area contributed by atoms with Crippen molar-refractivity contribution in [1.29, 1.82) is 0 Å². The first-order chi connectivity index (χ1) is 8.06. The molecular formula is C13H15BrClNO. The Labute approximate surface area is 115 Å². The molecular weight excluding hydrogens is 302 g/mol. The lowest BCUT2D eigenvalue weighted by Gasteiger charge is -2.13. The van der Waals surface area contributed by atoms with Crippen molar-refractivity contribution in [2.75, 3.05) is 0 Å². The monoisotopic (exact) mass is 315 g/mol. The Morgan fingerprint density at radius 3 is 2.88 bits per heavy atom. The van der Waals surface area contributed by atoms with Gasteiger partial charge in [0, 0.05) is 10.5 Å². The molecule has 0 aliphatic heterocycles. The highest BCUT2D eigenvalue weighted by Crippen LogP contribution is 2.26. The second-order valence-corrected chi connectivity index (χ2v) is 6.04. The summed E-state index contributed by atoms with van der Waals surface area (Å²) in [4.78, 5) is 12.1. The first-order valence-corrected chi connectivity index (χ1v) is 6.99. The molecule has 1 aromatic rings. The van der Waals surface area contributed by atoms with Crippen molar-refractivity contribution < 1.29 is 4.79 Å². The maximum Gasteiger partial charge on any atom is 0.253 e. The van der Waals surface area contributed by atoms with Crippen molar-refractivity contribution in [2.24, 2.45) is 5.92 Å². The number of rotatable bonds is 2. The number of carbonyl (C=O) groups excluding carboxylic acids is 1. The van der Waals surface area contributed by atoms with E-state index < -0.39 is 0 Å². The Hall–Kier alpha value is -0.540. The van der Waals surface area contributed by atoms with E-state index in [1.54, 1.807) is 12.1 Å². The summed E-state index contributed by atoms with van der Waals surface area (Å²) in [6.45, 7) is 2.22. The molecule has 0 spiro atoms. The standard InChI is InChI=1S/C13H15BrClNO/c1-8-2-4-10(6-8)16-13(17)11-7-9(14)3-5-12(11)15/h3,5,7-8,10H,2,4,6H2,1H3,(H,16,17). The highest BCUT2D eigenvalue weighted by molar-refractivity contribution is 9.10. The zero-order chi connectivity index (χ0) is 12.4. The van der Waals surface area contributed by atoms with Gasteiger partial charge < -0.3 is 5.32 Å². The summed E-state index contributed by atoms with van der Waals surface area (Å²) < 4.78 is 0.867. The molecule has 0 saturated heterocycles. The van der Waals surface area contributed by atoms with E-state index in [0.29, 0.717) is 22.5 Å². The number of benzene rings is 1. The Morgan fingerprint density at radius 1 is 1.47 bits per heavy atom. The van der Waals surface area contributed by atoms with Crippen LogP contribution in [0.2, 0.25) is 5.02 Å². The van der Waals surface area contributed by atoms with E-state index in [4.69, 9.17) is 11.6 Å². The SMILES string of the molecule is CC1CCC(NC(=O)c2cc(Br)ccc2Cl)C1. The third-order valence-corrected chi connectivity index (χ3v) is 4.03. The molecule has 1 N–H and O–H groups in total. The predicted molar refractivity (Wildman–Crippen MR) is 73.4 cm³/mol. The van der Waals surface area contributed by atoms with Crippen LogP contribution >= 0.6 is 27.5 Å². The van der Waals surface area contributed by atoms with E-state index in [9.17, 15) is 4.79 Å². The molecule has 1 aliphatic carbocycles. The van der Waals surface area contributed by atoms with Crippen molar-refractivity contribution in [2.45, 2.75) is 32.2 Å². The largest absolute Gasteiger partial charge is 0.349 e. The molecule has 0 bridgehead atoms. The smallest absolute Gasteiger partial charge is 0.253 e. The molecule has 2 rings (SSSR count). The molecule has 17 heavy (non-hydrogen) atoms. The van der Waals surface area contributed by atoms with Crippen LogP contribution in [-0.2, 0) is 0 Å². The van der Waals surface area contributed by atoms with E-state index in [1.165, 1.54) is 6.42 Å². The van der Waals surface area contributed by atoms with Gasteiger partial charge >= 0.3 is 0 Å². The zero-order valence-corrected chi connectivity index (χ0v) is 12.0. The van der Waals surface area contributed by atoms with Crippen LogP contribution in [-0.4, -0.2) is 11.9 Å². The van der Waals surface area contributed by atoms with Gasteiger partial charge in [0.25, 0.3) is 5.91 Å². The van der Waals surface area contributed by atoms with Gasteiger partial charge in [-0.05, 0) is 43.4 Å². The lowest BCUT2D eigenvalue weighted by Crippen LogP contribution is -2.33. The Kier molecular flexibility index (Phi) is 4.10. The fourth-order valence-electron chi connectivity index (χ4n) is 2.27. The molecule has 92 valence electrons. The summed E-state index contributed by atoms with van der Waals surface area (Å²) in [5, 5.41) is 3.55. The molecule has 2 nitrogen and oxygen atoms in total. The van der Waals surface area contributed by atoms with Crippen LogP contribution in [0.15, 0.2) is 22.7 Å². The number of nitrogens with one attached hydrogen (secondary N) is 1. The number of amides is 1. The maximum absolute atomic E-state index is 12.1. The van der Waals surface area contributed by atoms with Gasteiger partial charge in [-0.3, -0.25) is 4.79 Å². The molecule has 1 aliphatic rings. The topological polar surface area (TPSA) is 29.1 Å². The predicted octanol–water partition coefficient (Wildman–Crippen LogP) is 4.02. The minimum absolute atomic E-state index is 0.0737. The van der Waals surface area contributed by atoms with Gasteiger partial charge in [-0.25, -0.2) is 0 Å². The summed E-state index contributed by atoms with van der Waals surface area (Å²) in [6.07, 6.45) is 3.33. The van der Waals surface area contributed by atoms with Crippen LogP contribution < -0.4 is 5.32 Å². The first-order valence-electron chi connectivity index (χ1n) is 5.82. The quantitative estimate of drug-likeness (QED) is 0.877. The molecule has 2 unspecified atom stereocenters. The molecule has 1 fully saturated rings. The van der Waals surface area contributed by atoms with Gasteiger partial charge in [-0.2, -0.15) is 0 Å².